The Balaban J connectivity index is 1.29. The number of alkyl halides is 3. The molecular formula is C24H22F4N4O5S. The molecule has 1 N–H and O–H groups in total. The van der Waals surface area contributed by atoms with Crippen LogP contribution >= 0.6 is 0 Å². The van der Waals surface area contributed by atoms with Gasteiger partial charge in [0.2, 0.25) is 21.8 Å². The van der Waals surface area contributed by atoms with Gasteiger partial charge in [-0.1, -0.05) is 6.07 Å². The van der Waals surface area contributed by atoms with Crippen LogP contribution in [0.3, 0.4) is 0 Å². The third-order valence-corrected chi connectivity index (χ3v) is 9.08. The van der Waals surface area contributed by atoms with Gasteiger partial charge < -0.3 is 4.90 Å². The van der Waals surface area contributed by atoms with E-state index >= 15 is 4.39 Å². The van der Waals surface area contributed by atoms with E-state index in [1.54, 1.807) is 6.07 Å². The molecule has 14 heteroatoms. The number of nitrogens with one attached hydrogen (secondary N) is 1. The van der Waals surface area contributed by atoms with Crippen LogP contribution in [0.1, 0.15) is 58.8 Å². The number of hydrogen-bond donors (Lipinski definition) is 1. The number of fused-ring (bicyclic) bond motifs is 1. The minimum atomic E-state index is -4.69. The molecule has 1 aromatic heterocycles. The summed E-state index contributed by atoms with van der Waals surface area (Å²) in [5, 5.41) is 2.21. The summed E-state index contributed by atoms with van der Waals surface area (Å²) in [6.45, 7) is 0.125. The van der Waals surface area contributed by atoms with Crippen LogP contribution in [0.15, 0.2) is 35.4 Å². The number of imide groups is 1. The molecule has 1 atom stereocenters. The summed E-state index contributed by atoms with van der Waals surface area (Å²) in [6.07, 6.45) is -3.22. The van der Waals surface area contributed by atoms with Crippen molar-refractivity contribution in [3.05, 3.63) is 58.7 Å². The van der Waals surface area contributed by atoms with Crippen molar-refractivity contribution in [1.29, 1.82) is 0 Å². The molecule has 0 radical (unpaired) electrons. The van der Waals surface area contributed by atoms with E-state index < -0.39 is 51.5 Å². The molecule has 0 bridgehead atoms. The van der Waals surface area contributed by atoms with Gasteiger partial charge in [-0.3, -0.25) is 24.7 Å². The van der Waals surface area contributed by atoms with Crippen molar-refractivity contribution in [1.82, 2.24) is 19.5 Å². The predicted octanol–water partition coefficient (Wildman–Crippen LogP) is 2.57. The Morgan fingerprint density at radius 2 is 1.74 bits per heavy atom. The van der Waals surface area contributed by atoms with Crippen molar-refractivity contribution in [2.75, 3.05) is 13.1 Å². The second-order valence-electron chi connectivity index (χ2n) is 9.49. The van der Waals surface area contributed by atoms with Gasteiger partial charge in [-0.15, -0.1) is 0 Å². The predicted molar refractivity (Wildman–Crippen MR) is 122 cm³/mol. The van der Waals surface area contributed by atoms with E-state index in [0.717, 1.165) is 16.4 Å². The fourth-order valence-electron chi connectivity index (χ4n) is 5.18. The molecule has 202 valence electrons. The van der Waals surface area contributed by atoms with E-state index in [1.165, 1.54) is 4.90 Å². The number of carbonyl (C=O) groups excluding carboxylic acids is 3. The lowest BCUT2D eigenvalue weighted by Crippen LogP contribution is -2.52. The highest BCUT2D eigenvalue weighted by Gasteiger charge is 2.40. The average molecular weight is 555 g/mol. The Labute approximate surface area is 214 Å². The number of benzene rings is 1. The molecule has 38 heavy (non-hydrogen) atoms. The van der Waals surface area contributed by atoms with Crippen molar-refractivity contribution < 1.29 is 40.4 Å². The van der Waals surface area contributed by atoms with Crippen LogP contribution in [0, 0.1) is 5.82 Å². The molecule has 3 amide bonds. The number of pyridine rings is 1. The highest BCUT2D eigenvalue weighted by Crippen LogP contribution is 2.36. The Bertz CT molecular complexity index is 1420. The molecule has 0 spiro atoms. The molecule has 1 aromatic carbocycles. The van der Waals surface area contributed by atoms with Gasteiger partial charge in [-0.2, -0.15) is 17.5 Å². The highest BCUT2D eigenvalue weighted by atomic mass is 32.2. The van der Waals surface area contributed by atoms with Gasteiger partial charge in [0, 0.05) is 37.8 Å². The average Bonchev–Trinajstić information content (AvgIpc) is 3.18. The number of aromatic nitrogens is 1. The maximum absolute atomic E-state index is 15.1. The van der Waals surface area contributed by atoms with E-state index in [1.807, 2.05) is 0 Å². The third kappa shape index (κ3) is 4.66. The summed E-state index contributed by atoms with van der Waals surface area (Å²) in [5.41, 5.74) is -0.181. The fraction of sp³-hybridized carbons (Fsp3) is 0.417. The summed E-state index contributed by atoms with van der Waals surface area (Å²) < 4.78 is 80.3. The van der Waals surface area contributed by atoms with Crippen molar-refractivity contribution in [2.45, 2.75) is 55.3 Å². The van der Waals surface area contributed by atoms with Crippen molar-refractivity contribution in [3.63, 3.8) is 0 Å². The number of amides is 3. The van der Waals surface area contributed by atoms with Crippen LogP contribution < -0.4 is 5.32 Å². The largest absolute Gasteiger partial charge is 0.433 e. The Morgan fingerprint density at radius 1 is 1.03 bits per heavy atom. The normalized spacial score (nSPS) is 21.5. The number of carbonyl (C=O) groups is 3. The Hall–Kier alpha value is -3.39. The molecule has 0 aliphatic carbocycles. The molecule has 5 rings (SSSR count). The topological polar surface area (TPSA) is 117 Å². The SMILES string of the molecule is O=C1CCC(N2Cc3cc(C4CCN(S(=O)(=O)c5ccc(C(F)(F)F)nc5)CC4)c(F)cc3C2=O)C(=O)N1. The molecule has 9 nitrogen and oxygen atoms in total. The van der Waals surface area contributed by atoms with Gasteiger partial charge in [0.1, 0.15) is 22.4 Å². The molecule has 0 saturated carbocycles. The first-order chi connectivity index (χ1) is 17.9. The minimum absolute atomic E-state index is 0.0197. The number of nitrogens with zero attached hydrogens (tertiary/aromatic N) is 3. The van der Waals surface area contributed by atoms with Gasteiger partial charge in [0.05, 0.1) is 0 Å². The molecular weight excluding hydrogens is 532 g/mol. The zero-order valence-corrected chi connectivity index (χ0v) is 20.6. The second-order valence-corrected chi connectivity index (χ2v) is 11.4. The summed E-state index contributed by atoms with van der Waals surface area (Å²) in [7, 11) is -4.09. The number of piperidine rings is 2. The van der Waals surface area contributed by atoms with Gasteiger partial charge >= 0.3 is 6.18 Å². The van der Waals surface area contributed by atoms with E-state index in [0.29, 0.717) is 23.4 Å². The summed E-state index contributed by atoms with van der Waals surface area (Å²) in [4.78, 5) is 40.7. The molecule has 4 heterocycles. The first kappa shape index (κ1) is 26.2. The van der Waals surface area contributed by atoms with Crippen LogP contribution in [0.5, 0.6) is 0 Å². The third-order valence-electron chi connectivity index (χ3n) is 7.20. The van der Waals surface area contributed by atoms with E-state index in [9.17, 15) is 36.0 Å². The lowest BCUT2D eigenvalue weighted by Gasteiger charge is -2.31. The van der Waals surface area contributed by atoms with Crippen molar-refractivity contribution >= 4 is 27.7 Å². The van der Waals surface area contributed by atoms with Crippen LogP contribution in [0.25, 0.3) is 0 Å². The van der Waals surface area contributed by atoms with Gasteiger partial charge in [0.25, 0.3) is 5.91 Å². The number of sulfonamides is 1. The lowest BCUT2D eigenvalue weighted by molar-refractivity contribution is -0.141. The van der Waals surface area contributed by atoms with Crippen LogP contribution in [-0.4, -0.2) is 59.5 Å². The number of rotatable bonds is 4. The van der Waals surface area contributed by atoms with E-state index in [4.69, 9.17) is 0 Å². The monoisotopic (exact) mass is 554 g/mol. The standard InChI is InChI=1S/C24H22F4N4O5S/c25-18-10-17-14(12-32(23(17)35)19-2-4-21(33)30-22(19)34)9-16(18)13-5-7-31(8-6-13)38(36,37)15-1-3-20(29-11-15)24(26,27)28/h1,3,9-11,13,19H,2,4-8,12H2,(H,30,33,34). The van der Waals surface area contributed by atoms with Gasteiger partial charge in [-0.25, -0.2) is 12.8 Å². The minimum Gasteiger partial charge on any atom is -0.322 e. The van der Waals surface area contributed by atoms with E-state index in [-0.39, 0.29) is 61.7 Å². The second kappa shape index (κ2) is 9.42. The smallest absolute Gasteiger partial charge is 0.322 e. The van der Waals surface area contributed by atoms with Crippen LogP contribution in [-0.2, 0) is 32.3 Å². The molecule has 1 unspecified atom stereocenters. The summed E-state index contributed by atoms with van der Waals surface area (Å²) in [5.74, 6) is -2.44. The quantitative estimate of drug-likeness (QED) is 0.459. The summed E-state index contributed by atoms with van der Waals surface area (Å²) >= 11 is 0. The van der Waals surface area contributed by atoms with Gasteiger partial charge in [-0.05, 0) is 54.5 Å². The summed E-state index contributed by atoms with van der Waals surface area (Å²) in [6, 6.07) is 3.35. The fourth-order valence-corrected chi connectivity index (χ4v) is 6.59. The number of hydrogen-bond acceptors (Lipinski definition) is 6. The number of halogens is 4. The van der Waals surface area contributed by atoms with Crippen LogP contribution in [0.4, 0.5) is 17.6 Å². The van der Waals surface area contributed by atoms with Gasteiger partial charge in [0.15, 0.2) is 0 Å². The highest BCUT2D eigenvalue weighted by molar-refractivity contribution is 7.89. The maximum atomic E-state index is 15.1. The zero-order valence-electron chi connectivity index (χ0n) is 19.8. The first-order valence-corrected chi connectivity index (χ1v) is 13.3. The molecule has 3 aliphatic rings. The van der Waals surface area contributed by atoms with Crippen molar-refractivity contribution in [3.8, 4) is 0 Å². The first-order valence-electron chi connectivity index (χ1n) is 11.9. The molecule has 2 fully saturated rings. The zero-order chi connectivity index (χ0) is 27.4. The lowest BCUT2D eigenvalue weighted by atomic mass is 9.88. The molecule has 3 aliphatic heterocycles. The maximum Gasteiger partial charge on any atom is 0.433 e. The van der Waals surface area contributed by atoms with Crippen LogP contribution in [0.2, 0.25) is 0 Å². The molecule has 2 aromatic rings. The Morgan fingerprint density at radius 3 is 2.34 bits per heavy atom. The van der Waals surface area contributed by atoms with E-state index in [2.05, 4.69) is 10.3 Å². The Kier molecular flexibility index (Phi) is 6.50. The van der Waals surface area contributed by atoms with Crippen molar-refractivity contribution in [2.24, 2.45) is 0 Å². The molecule has 2 saturated heterocycles.